The van der Waals surface area contributed by atoms with Crippen LogP contribution in [0, 0.1) is 5.82 Å². The zero-order valence-electron chi connectivity index (χ0n) is 25.3. The van der Waals surface area contributed by atoms with Gasteiger partial charge in [-0.1, -0.05) is 48.0 Å². The number of halogens is 2. The number of piperidine rings is 1. The first-order valence-corrected chi connectivity index (χ1v) is 15.6. The molecular weight excluding hydrogens is 609 g/mol. The van der Waals surface area contributed by atoms with Crippen molar-refractivity contribution >= 4 is 34.9 Å². The molecule has 0 spiro atoms. The number of anilines is 1. The number of methoxy groups -OCH3 is 1. The Morgan fingerprint density at radius 1 is 0.978 bits per heavy atom. The molecule has 1 N–H and O–H groups in total. The van der Waals surface area contributed by atoms with Crippen molar-refractivity contribution in [2.45, 2.75) is 37.8 Å². The van der Waals surface area contributed by atoms with Crippen molar-refractivity contribution in [3.63, 3.8) is 0 Å². The fraction of sp³-hybridized carbons (Fsp3) is 0.278. The van der Waals surface area contributed by atoms with Gasteiger partial charge in [0.1, 0.15) is 11.9 Å². The van der Waals surface area contributed by atoms with E-state index in [9.17, 15) is 23.9 Å². The fourth-order valence-corrected chi connectivity index (χ4v) is 6.68. The third-order valence-corrected chi connectivity index (χ3v) is 9.20. The van der Waals surface area contributed by atoms with Crippen LogP contribution >= 0.6 is 11.6 Å². The van der Waals surface area contributed by atoms with Gasteiger partial charge in [0.2, 0.25) is 0 Å². The normalized spacial score (nSPS) is 16.6. The largest absolute Gasteiger partial charge is 0.478 e. The standard InChI is InChI=1S/C36H33ClFN3O5/c1-46-26-12-15-40(16-13-26)31-7-3-5-29-28(31)14-17-41(34(29)32(42)18-22-8-10-23(11-9-22)36(44)45)35(43)25-19-24(20-39-21-25)27-4-2-6-30(37)33(27)38/h2-11,19-21,26,34H,12-18H2,1H3,(H,44,45). The number of pyridine rings is 1. The van der Waals surface area contributed by atoms with Gasteiger partial charge in [-0.25, -0.2) is 9.18 Å². The lowest BCUT2D eigenvalue weighted by Crippen LogP contribution is -2.45. The molecule has 4 aromatic rings. The van der Waals surface area contributed by atoms with E-state index in [1.165, 1.54) is 30.6 Å². The minimum absolute atomic E-state index is 0.00324. The SMILES string of the molecule is COC1CCN(c2cccc3c2CCN(C(=O)c2cncc(-c4cccc(Cl)c4F)c2)C3C(=O)Cc2ccc(C(=O)O)cc2)CC1. The maximum Gasteiger partial charge on any atom is 0.335 e. The summed E-state index contributed by atoms with van der Waals surface area (Å²) in [5, 5.41) is 9.27. The summed E-state index contributed by atoms with van der Waals surface area (Å²) < 4.78 is 20.4. The molecule has 236 valence electrons. The Morgan fingerprint density at radius 3 is 2.43 bits per heavy atom. The molecule has 46 heavy (non-hydrogen) atoms. The molecule has 3 heterocycles. The van der Waals surface area contributed by atoms with Crippen LogP contribution in [0.15, 0.2) is 79.1 Å². The third kappa shape index (κ3) is 6.25. The number of ketones is 1. The molecule has 6 rings (SSSR count). The zero-order valence-corrected chi connectivity index (χ0v) is 26.0. The summed E-state index contributed by atoms with van der Waals surface area (Å²) in [6, 6.07) is 17.4. The van der Waals surface area contributed by atoms with E-state index in [4.69, 9.17) is 16.3 Å². The quantitative estimate of drug-likeness (QED) is 0.237. The number of carbonyl (C=O) groups excluding carboxylic acids is 2. The molecule has 2 aliphatic heterocycles. The number of hydrogen-bond acceptors (Lipinski definition) is 6. The van der Waals surface area contributed by atoms with Gasteiger partial charge in [-0.05, 0) is 66.3 Å². The highest BCUT2D eigenvalue weighted by Crippen LogP contribution is 2.39. The van der Waals surface area contributed by atoms with Gasteiger partial charge in [-0.2, -0.15) is 0 Å². The number of Topliss-reactive ketones (excluding diaryl/α,β-unsaturated/α-hetero) is 1. The summed E-state index contributed by atoms with van der Waals surface area (Å²) in [5.41, 5.74) is 4.47. The van der Waals surface area contributed by atoms with Crippen LogP contribution in [-0.2, 0) is 22.4 Å². The zero-order chi connectivity index (χ0) is 32.4. The predicted molar refractivity (Wildman–Crippen MR) is 173 cm³/mol. The minimum Gasteiger partial charge on any atom is -0.478 e. The molecule has 0 aliphatic carbocycles. The number of fused-ring (bicyclic) bond motifs is 1. The number of carbonyl (C=O) groups is 3. The highest BCUT2D eigenvalue weighted by molar-refractivity contribution is 6.31. The Hall–Kier alpha value is -4.60. The smallest absolute Gasteiger partial charge is 0.335 e. The van der Waals surface area contributed by atoms with Gasteiger partial charge in [0.05, 0.1) is 22.3 Å². The molecule has 1 amide bonds. The second-order valence-electron chi connectivity index (χ2n) is 11.6. The highest BCUT2D eigenvalue weighted by atomic mass is 35.5. The van der Waals surface area contributed by atoms with Crippen LogP contribution in [0.2, 0.25) is 5.02 Å². The van der Waals surface area contributed by atoms with E-state index < -0.39 is 23.7 Å². The number of hydrogen-bond donors (Lipinski definition) is 1. The monoisotopic (exact) mass is 641 g/mol. The molecular formula is C36H33ClFN3O5. The Labute approximate surface area is 271 Å². The number of rotatable bonds is 8. The molecule has 0 radical (unpaired) electrons. The average Bonchev–Trinajstić information content (AvgIpc) is 3.08. The molecule has 10 heteroatoms. The van der Waals surface area contributed by atoms with Gasteiger partial charge in [0, 0.05) is 62.4 Å². The number of carboxylic acids is 1. The molecule has 1 atom stereocenters. The maximum absolute atomic E-state index is 14.9. The fourth-order valence-electron chi connectivity index (χ4n) is 6.50. The third-order valence-electron chi connectivity index (χ3n) is 8.91. The summed E-state index contributed by atoms with van der Waals surface area (Å²) in [6.45, 7) is 1.94. The van der Waals surface area contributed by atoms with Crippen LogP contribution in [0.1, 0.15) is 56.3 Å². The first kappa shape index (κ1) is 31.4. The first-order chi connectivity index (χ1) is 22.2. The predicted octanol–water partition coefficient (Wildman–Crippen LogP) is 6.41. The van der Waals surface area contributed by atoms with Crippen LogP contribution in [-0.4, -0.2) is 65.5 Å². The van der Waals surface area contributed by atoms with E-state index in [-0.39, 0.29) is 40.0 Å². The number of benzene rings is 3. The Kier molecular flexibility index (Phi) is 9.15. The van der Waals surface area contributed by atoms with Crippen LogP contribution in [0.5, 0.6) is 0 Å². The summed E-state index contributed by atoms with van der Waals surface area (Å²) in [5.74, 6) is -2.25. The average molecular weight is 642 g/mol. The van der Waals surface area contributed by atoms with Crippen molar-refractivity contribution in [3.05, 3.63) is 118 Å². The number of carboxylic acid groups (broad SMARTS) is 1. The topological polar surface area (TPSA) is 100 Å². The molecule has 1 fully saturated rings. The van der Waals surface area contributed by atoms with Gasteiger partial charge in [-0.3, -0.25) is 14.6 Å². The lowest BCUT2D eigenvalue weighted by atomic mass is 9.86. The molecule has 0 bridgehead atoms. The Morgan fingerprint density at radius 2 is 1.72 bits per heavy atom. The van der Waals surface area contributed by atoms with E-state index in [0.29, 0.717) is 24.1 Å². The summed E-state index contributed by atoms with van der Waals surface area (Å²) >= 11 is 6.02. The van der Waals surface area contributed by atoms with Crippen molar-refractivity contribution < 1.29 is 28.6 Å². The number of ether oxygens (including phenoxy) is 1. The molecule has 1 saturated heterocycles. The van der Waals surface area contributed by atoms with Gasteiger partial charge in [0.25, 0.3) is 5.91 Å². The Bertz CT molecular complexity index is 1790. The summed E-state index contributed by atoms with van der Waals surface area (Å²) in [6.07, 6.45) is 5.46. The van der Waals surface area contributed by atoms with Crippen molar-refractivity contribution in [3.8, 4) is 11.1 Å². The Balaban J connectivity index is 1.36. The van der Waals surface area contributed by atoms with Crippen LogP contribution in [0.4, 0.5) is 10.1 Å². The maximum atomic E-state index is 14.9. The van der Waals surface area contributed by atoms with E-state index >= 15 is 0 Å². The summed E-state index contributed by atoms with van der Waals surface area (Å²) in [4.78, 5) is 47.9. The number of aromatic nitrogens is 1. The van der Waals surface area contributed by atoms with Crippen molar-refractivity contribution in [1.82, 2.24) is 9.88 Å². The number of nitrogens with zero attached hydrogens (tertiary/aromatic N) is 3. The van der Waals surface area contributed by atoms with E-state index in [1.54, 1.807) is 42.3 Å². The van der Waals surface area contributed by atoms with Crippen LogP contribution in [0.3, 0.4) is 0 Å². The number of aromatic carboxylic acids is 1. The van der Waals surface area contributed by atoms with E-state index in [0.717, 1.165) is 42.7 Å². The van der Waals surface area contributed by atoms with Gasteiger partial charge in [0.15, 0.2) is 5.78 Å². The lowest BCUT2D eigenvalue weighted by Gasteiger charge is -2.40. The lowest BCUT2D eigenvalue weighted by molar-refractivity contribution is -0.123. The highest BCUT2D eigenvalue weighted by Gasteiger charge is 2.38. The second kappa shape index (κ2) is 13.4. The molecule has 8 nitrogen and oxygen atoms in total. The van der Waals surface area contributed by atoms with E-state index in [1.807, 2.05) is 12.1 Å². The molecule has 2 aliphatic rings. The van der Waals surface area contributed by atoms with Gasteiger partial charge < -0.3 is 19.6 Å². The molecule has 3 aromatic carbocycles. The summed E-state index contributed by atoms with van der Waals surface area (Å²) in [7, 11) is 1.73. The van der Waals surface area contributed by atoms with Gasteiger partial charge >= 0.3 is 5.97 Å². The first-order valence-electron chi connectivity index (χ1n) is 15.2. The number of amides is 1. The molecule has 1 aromatic heterocycles. The van der Waals surface area contributed by atoms with E-state index in [2.05, 4.69) is 16.0 Å². The molecule has 0 saturated carbocycles. The van der Waals surface area contributed by atoms with Crippen molar-refractivity contribution in [2.24, 2.45) is 0 Å². The van der Waals surface area contributed by atoms with Crippen molar-refractivity contribution in [2.75, 3.05) is 31.6 Å². The van der Waals surface area contributed by atoms with Crippen LogP contribution in [0.25, 0.3) is 11.1 Å². The second-order valence-corrected chi connectivity index (χ2v) is 12.0. The molecule has 1 unspecified atom stereocenters. The van der Waals surface area contributed by atoms with Crippen molar-refractivity contribution in [1.29, 1.82) is 0 Å². The van der Waals surface area contributed by atoms with Gasteiger partial charge in [-0.15, -0.1) is 0 Å². The minimum atomic E-state index is -1.05. The van der Waals surface area contributed by atoms with Crippen LogP contribution < -0.4 is 4.90 Å².